The Labute approximate surface area is 82.5 Å². The zero-order valence-corrected chi connectivity index (χ0v) is 10.4. The molecule has 0 aliphatic heterocycles. The molecule has 0 aliphatic carbocycles. The van der Waals surface area contributed by atoms with Gasteiger partial charge < -0.3 is 9.76 Å². The molecule has 0 amide bonds. The molecule has 0 bridgehead atoms. The average molecular weight is 199 g/mol. The van der Waals surface area contributed by atoms with Crippen LogP contribution in [0.1, 0.15) is 20.3 Å². The van der Waals surface area contributed by atoms with Gasteiger partial charge >= 0.3 is 0 Å². The monoisotopic (exact) mass is 199 g/mol. The standard InChI is InChI=1S/C10H21NOSi/c1-7-9(10(3,12)8-2)11-13(4,5)6/h8,12H,2,7H2,1,3-6H3. The summed E-state index contributed by atoms with van der Waals surface area (Å²) in [5.41, 5.74) is -0.0867. The van der Waals surface area contributed by atoms with Gasteiger partial charge in [-0.15, -0.1) is 0 Å². The maximum atomic E-state index is 9.92. The van der Waals surface area contributed by atoms with Gasteiger partial charge in [0, 0.05) is 5.71 Å². The molecule has 1 unspecified atom stereocenters. The van der Waals surface area contributed by atoms with Crippen molar-refractivity contribution in [1.82, 2.24) is 0 Å². The van der Waals surface area contributed by atoms with E-state index < -0.39 is 13.8 Å². The molecule has 76 valence electrons. The molecule has 0 aromatic rings. The Morgan fingerprint density at radius 1 is 1.54 bits per heavy atom. The van der Waals surface area contributed by atoms with Crippen molar-refractivity contribution >= 4 is 13.9 Å². The lowest BCUT2D eigenvalue weighted by molar-refractivity contribution is 0.182. The second kappa shape index (κ2) is 4.20. The van der Waals surface area contributed by atoms with Gasteiger partial charge in [0.25, 0.3) is 0 Å². The van der Waals surface area contributed by atoms with Crippen LogP contribution in [0.15, 0.2) is 17.3 Å². The molecule has 0 rings (SSSR count). The van der Waals surface area contributed by atoms with E-state index in [-0.39, 0.29) is 0 Å². The molecule has 1 atom stereocenters. The predicted octanol–water partition coefficient (Wildman–Crippen LogP) is 2.61. The first kappa shape index (κ1) is 12.6. The Bertz CT molecular complexity index is 213. The highest BCUT2D eigenvalue weighted by molar-refractivity contribution is 6.75. The van der Waals surface area contributed by atoms with Gasteiger partial charge in [0.05, 0.1) is 0 Å². The van der Waals surface area contributed by atoms with Crippen molar-refractivity contribution in [1.29, 1.82) is 0 Å². The molecule has 0 fully saturated rings. The third-order valence-electron chi connectivity index (χ3n) is 1.79. The van der Waals surface area contributed by atoms with Gasteiger partial charge in [0.15, 0.2) is 8.24 Å². The summed E-state index contributed by atoms with van der Waals surface area (Å²) in [7, 11) is -1.49. The van der Waals surface area contributed by atoms with E-state index in [0.717, 1.165) is 12.1 Å². The lowest BCUT2D eigenvalue weighted by atomic mass is 9.99. The fourth-order valence-electron chi connectivity index (χ4n) is 1.07. The van der Waals surface area contributed by atoms with Crippen LogP contribution in [0.25, 0.3) is 0 Å². The van der Waals surface area contributed by atoms with Crippen LogP contribution in [-0.2, 0) is 0 Å². The number of rotatable bonds is 4. The molecule has 0 aromatic carbocycles. The van der Waals surface area contributed by atoms with Crippen molar-refractivity contribution in [2.24, 2.45) is 4.66 Å². The summed E-state index contributed by atoms with van der Waals surface area (Å²) >= 11 is 0. The van der Waals surface area contributed by atoms with Crippen LogP contribution < -0.4 is 0 Å². The smallest absolute Gasteiger partial charge is 0.172 e. The molecule has 0 saturated carbocycles. The minimum absolute atomic E-state index is 0.781. The molecule has 0 heterocycles. The molecule has 0 aromatic heterocycles. The summed E-state index contributed by atoms with van der Waals surface area (Å²) in [6.07, 6.45) is 2.33. The van der Waals surface area contributed by atoms with Crippen molar-refractivity contribution in [3.63, 3.8) is 0 Å². The van der Waals surface area contributed by atoms with E-state index in [9.17, 15) is 5.11 Å². The second-order valence-corrected chi connectivity index (χ2v) is 9.00. The van der Waals surface area contributed by atoms with Crippen LogP contribution in [0.3, 0.4) is 0 Å². The zero-order valence-electron chi connectivity index (χ0n) is 9.39. The Kier molecular flexibility index (Phi) is 4.07. The number of hydrogen-bond acceptors (Lipinski definition) is 2. The Balaban J connectivity index is 4.91. The van der Waals surface area contributed by atoms with Gasteiger partial charge in [0.1, 0.15) is 5.60 Å². The maximum Gasteiger partial charge on any atom is 0.172 e. The van der Waals surface area contributed by atoms with E-state index in [0.29, 0.717) is 0 Å². The first-order valence-electron chi connectivity index (χ1n) is 4.68. The summed E-state index contributed by atoms with van der Waals surface area (Å²) in [4.78, 5) is 0. The number of aliphatic hydroxyl groups is 1. The highest BCUT2D eigenvalue weighted by atomic mass is 28.3. The van der Waals surface area contributed by atoms with Crippen LogP contribution >= 0.6 is 0 Å². The summed E-state index contributed by atoms with van der Waals surface area (Å²) in [6, 6.07) is 0. The van der Waals surface area contributed by atoms with Gasteiger partial charge in [0.2, 0.25) is 0 Å². The van der Waals surface area contributed by atoms with Crippen molar-refractivity contribution in [3.05, 3.63) is 12.7 Å². The van der Waals surface area contributed by atoms with Gasteiger partial charge in [-0.1, -0.05) is 19.6 Å². The third-order valence-corrected chi connectivity index (χ3v) is 2.73. The van der Waals surface area contributed by atoms with E-state index >= 15 is 0 Å². The van der Waals surface area contributed by atoms with Crippen molar-refractivity contribution in [3.8, 4) is 0 Å². The van der Waals surface area contributed by atoms with Gasteiger partial charge in [-0.3, -0.25) is 0 Å². The second-order valence-electron chi connectivity index (χ2n) is 4.43. The minimum atomic E-state index is -1.49. The van der Waals surface area contributed by atoms with Gasteiger partial charge in [-0.05, 0) is 33.0 Å². The summed E-state index contributed by atoms with van der Waals surface area (Å²) in [5, 5.41) is 9.92. The van der Waals surface area contributed by atoms with Crippen LogP contribution in [0.2, 0.25) is 19.6 Å². The van der Waals surface area contributed by atoms with Crippen LogP contribution in [0.4, 0.5) is 0 Å². The Morgan fingerprint density at radius 3 is 2.23 bits per heavy atom. The fraction of sp³-hybridized carbons (Fsp3) is 0.700. The van der Waals surface area contributed by atoms with Crippen molar-refractivity contribution in [2.75, 3.05) is 0 Å². The number of hydrogen-bond donors (Lipinski definition) is 1. The average Bonchev–Trinajstić information content (AvgIpc) is 1.98. The summed E-state index contributed by atoms with van der Waals surface area (Å²) in [5.74, 6) is 0. The zero-order chi connectivity index (χ0) is 10.7. The van der Waals surface area contributed by atoms with Crippen LogP contribution in [-0.4, -0.2) is 24.7 Å². The van der Waals surface area contributed by atoms with Crippen LogP contribution in [0.5, 0.6) is 0 Å². The molecule has 3 heteroatoms. The van der Waals surface area contributed by atoms with Crippen LogP contribution in [0, 0.1) is 0 Å². The lowest BCUT2D eigenvalue weighted by Gasteiger charge is -2.24. The largest absolute Gasteiger partial charge is 0.380 e. The SMILES string of the molecule is C=CC(C)(O)C(CC)=N[Si](C)(C)C. The topological polar surface area (TPSA) is 32.6 Å². The van der Waals surface area contributed by atoms with E-state index in [1.54, 1.807) is 13.0 Å². The normalized spacial score (nSPS) is 18.2. The minimum Gasteiger partial charge on any atom is -0.380 e. The number of nitrogens with zero attached hydrogens (tertiary/aromatic N) is 1. The quantitative estimate of drug-likeness (QED) is 0.421. The van der Waals surface area contributed by atoms with E-state index in [1.807, 2.05) is 6.92 Å². The summed E-state index contributed by atoms with van der Waals surface area (Å²) < 4.78 is 4.60. The summed E-state index contributed by atoms with van der Waals surface area (Å²) in [6.45, 7) is 13.8. The fourth-order valence-corrected chi connectivity index (χ4v) is 2.27. The van der Waals surface area contributed by atoms with E-state index in [4.69, 9.17) is 0 Å². The van der Waals surface area contributed by atoms with E-state index in [1.165, 1.54) is 0 Å². The van der Waals surface area contributed by atoms with Gasteiger partial charge in [-0.2, -0.15) is 0 Å². The molecular formula is C10H21NOSi. The Morgan fingerprint density at radius 2 is 2.00 bits per heavy atom. The molecule has 0 saturated heterocycles. The molecule has 1 N–H and O–H groups in total. The van der Waals surface area contributed by atoms with Gasteiger partial charge in [-0.25, -0.2) is 0 Å². The molecule has 0 aliphatic rings. The first-order valence-corrected chi connectivity index (χ1v) is 8.13. The molecule has 0 spiro atoms. The highest BCUT2D eigenvalue weighted by Gasteiger charge is 2.24. The molecule has 0 radical (unpaired) electrons. The van der Waals surface area contributed by atoms with Crippen molar-refractivity contribution < 1.29 is 5.11 Å². The molecular weight excluding hydrogens is 178 g/mol. The van der Waals surface area contributed by atoms with E-state index in [2.05, 4.69) is 30.9 Å². The predicted molar refractivity (Wildman–Crippen MR) is 61.9 cm³/mol. The highest BCUT2D eigenvalue weighted by Crippen LogP contribution is 2.14. The first-order chi connectivity index (χ1) is 5.73. The lowest BCUT2D eigenvalue weighted by Crippen LogP contribution is -2.35. The molecule has 13 heavy (non-hydrogen) atoms. The van der Waals surface area contributed by atoms with Crippen molar-refractivity contribution in [2.45, 2.75) is 45.5 Å². The third kappa shape index (κ3) is 4.38. The maximum absolute atomic E-state index is 9.92. The Hall–Kier alpha value is -0.413. The molecule has 2 nitrogen and oxygen atoms in total.